The quantitative estimate of drug-likeness (QED) is 0.366. The molecule has 0 spiro atoms. The average Bonchev–Trinajstić information content (AvgIpc) is 3.07. The van der Waals surface area contributed by atoms with Gasteiger partial charge in [-0.3, -0.25) is 10.1 Å². The minimum Gasteiger partial charge on any atom is -0.457 e. The zero-order chi connectivity index (χ0) is 20.2. The third-order valence-electron chi connectivity index (χ3n) is 4.39. The van der Waals surface area contributed by atoms with E-state index in [-0.39, 0.29) is 5.70 Å². The van der Waals surface area contributed by atoms with Gasteiger partial charge in [0.1, 0.15) is 11.5 Å². The van der Waals surface area contributed by atoms with Crippen molar-refractivity contribution >= 4 is 11.7 Å². The minimum atomic E-state index is -1.05. The van der Waals surface area contributed by atoms with E-state index in [9.17, 15) is 14.9 Å². The first-order chi connectivity index (χ1) is 14.1. The highest BCUT2D eigenvalue weighted by molar-refractivity contribution is 5.94. The van der Waals surface area contributed by atoms with Gasteiger partial charge in [-0.1, -0.05) is 36.4 Å². The standard InChI is InChI=1S/C22H16N2O5/c25-22-19-9-5-4-8-18(19)21(29-22)20(24(26)27)14-23-15-10-12-17(13-11-15)28-16-6-2-1-3-7-16/h1-14,21,23H/t21-/m0/s1. The smallest absolute Gasteiger partial charge is 0.339 e. The van der Waals surface area contributed by atoms with E-state index in [1.54, 1.807) is 48.5 Å². The Labute approximate surface area is 166 Å². The van der Waals surface area contributed by atoms with Crippen LogP contribution in [0.5, 0.6) is 11.5 Å². The summed E-state index contributed by atoms with van der Waals surface area (Å²) in [5.74, 6) is 0.783. The molecule has 4 rings (SSSR count). The molecule has 0 amide bonds. The number of ether oxygens (including phenoxy) is 2. The van der Waals surface area contributed by atoms with Crippen molar-refractivity contribution in [3.63, 3.8) is 0 Å². The monoisotopic (exact) mass is 388 g/mol. The summed E-state index contributed by atoms with van der Waals surface area (Å²) in [6.07, 6.45) is 0.189. The highest BCUT2D eigenvalue weighted by Crippen LogP contribution is 2.36. The average molecular weight is 388 g/mol. The second-order valence-electron chi connectivity index (χ2n) is 6.28. The molecule has 7 nitrogen and oxygen atoms in total. The first-order valence-electron chi connectivity index (χ1n) is 8.86. The molecule has 1 aliphatic rings. The topological polar surface area (TPSA) is 90.7 Å². The predicted octanol–water partition coefficient (Wildman–Crippen LogP) is 4.92. The molecule has 1 N–H and O–H groups in total. The lowest BCUT2D eigenvalue weighted by Gasteiger charge is -2.09. The predicted molar refractivity (Wildman–Crippen MR) is 106 cm³/mol. The van der Waals surface area contributed by atoms with Gasteiger partial charge in [-0.05, 0) is 42.5 Å². The molecule has 0 bridgehead atoms. The van der Waals surface area contributed by atoms with Crippen molar-refractivity contribution in [3.8, 4) is 11.5 Å². The maximum atomic E-state index is 12.0. The Balaban J connectivity index is 1.51. The van der Waals surface area contributed by atoms with E-state index < -0.39 is 17.0 Å². The molecule has 0 aromatic heterocycles. The normalized spacial score (nSPS) is 15.4. The number of hydrogen-bond acceptors (Lipinski definition) is 6. The molecule has 3 aromatic rings. The summed E-state index contributed by atoms with van der Waals surface area (Å²) in [6.45, 7) is 0. The van der Waals surface area contributed by atoms with E-state index in [2.05, 4.69) is 5.32 Å². The maximum absolute atomic E-state index is 12.0. The van der Waals surface area contributed by atoms with Crippen LogP contribution in [0.2, 0.25) is 0 Å². The SMILES string of the molecule is O=C1O[C@H](C(=CNc2ccc(Oc3ccccc3)cc2)[N+](=O)[O-])c2ccccc21. The molecule has 0 radical (unpaired) electrons. The number of fused-ring (bicyclic) bond motifs is 1. The number of carbonyl (C=O) groups is 1. The number of para-hydroxylation sites is 1. The molecule has 29 heavy (non-hydrogen) atoms. The molecule has 0 unspecified atom stereocenters. The van der Waals surface area contributed by atoms with E-state index in [0.29, 0.717) is 28.3 Å². The van der Waals surface area contributed by atoms with Crippen molar-refractivity contribution in [3.05, 3.63) is 112 Å². The Kier molecular flexibility index (Phi) is 4.94. The molecule has 0 fully saturated rings. The van der Waals surface area contributed by atoms with Crippen LogP contribution in [-0.4, -0.2) is 10.9 Å². The number of hydrogen-bond donors (Lipinski definition) is 1. The van der Waals surface area contributed by atoms with Gasteiger partial charge < -0.3 is 14.8 Å². The van der Waals surface area contributed by atoms with Crippen LogP contribution in [0.3, 0.4) is 0 Å². The molecule has 1 aliphatic heterocycles. The third-order valence-corrected chi connectivity index (χ3v) is 4.39. The van der Waals surface area contributed by atoms with E-state index in [1.165, 1.54) is 6.20 Å². The van der Waals surface area contributed by atoms with Gasteiger partial charge in [-0.15, -0.1) is 0 Å². The fraction of sp³-hybridized carbons (Fsp3) is 0.0455. The molecule has 3 aromatic carbocycles. The molecule has 0 saturated carbocycles. The van der Waals surface area contributed by atoms with Crippen molar-refractivity contribution in [1.29, 1.82) is 0 Å². The largest absolute Gasteiger partial charge is 0.457 e. The maximum Gasteiger partial charge on any atom is 0.339 e. The van der Waals surface area contributed by atoms with Crippen LogP contribution in [0, 0.1) is 10.1 Å². The number of benzene rings is 3. The highest BCUT2D eigenvalue weighted by atomic mass is 16.6. The van der Waals surface area contributed by atoms with Crippen molar-refractivity contribution in [2.75, 3.05) is 5.32 Å². The summed E-state index contributed by atoms with van der Waals surface area (Å²) in [4.78, 5) is 23.0. The lowest BCUT2D eigenvalue weighted by Crippen LogP contribution is -2.12. The number of anilines is 1. The minimum absolute atomic E-state index is 0.257. The van der Waals surface area contributed by atoms with Gasteiger partial charge >= 0.3 is 11.7 Å². The van der Waals surface area contributed by atoms with Crippen LogP contribution in [0.25, 0.3) is 0 Å². The second kappa shape index (κ2) is 7.85. The van der Waals surface area contributed by atoms with Gasteiger partial charge in [0.05, 0.1) is 16.7 Å². The number of carbonyl (C=O) groups excluding carboxylic acids is 1. The molecular formula is C22H16N2O5. The number of rotatable bonds is 6. The summed E-state index contributed by atoms with van der Waals surface area (Å²) in [7, 11) is 0. The van der Waals surface area contributed by atoms with Crippen molar-refractivity contribution < 1.29 is 19.2 Å². The molecule has 7 heteroatoms. The number of nitro groups is 1. The Morgan fingerprint density at radius 2 is 1.62 bits per heavy atom. The van der Waals surface area contributed by atoms with Gasteiger partial charge in [0.25, 0.3) is 0 Å². The summed E-state index contributed by atoms with van der Waals surface area (Å²) in [5, 5.41) is 14.5. The first kappa shape index (κ1) is 18.2. The number of nitrogens with zero attached hydrogens (tertiary/aromatic N) is 1. The molecule has 0 aliphatic carbocycles. The van der Waals surface area contributed by atoms with Gasteiger partial charge in [0.15, 0.2) is 0 Å². The lowest BCUT2D eigenvalue weighted by molar-refractivity contribution is -0.436. The zero-order valence-corrected chi connectivity index (χ0v) is 15.1. The fourth-order valence-electron chi connectivity index (χ4n) is 2.99. The van der Waals surface area contributed by atoms with Gasteiger partial charge in [0, 0.05) is 11.3 Å². The number of nitrogens with one attached hydrogen (secondary N) is 1. The van der Waals surface area contributed by atoms with Crippen LogP contribution < -0.4 is 10.1 Å². The molecule has 0 saturated heterocycles. The van der Waals surface area contributed by atoms with Crippen LogP contribution in [0.15, 0.2) is 90.8 Å². The van der Waals surface area contributed by atoms with E-state index in [0.717, 1.165) is 0 Å². The summed E-state index contributed by atoms with van der Waals surface area (Å²) >= 11 is 0. The third kappa shape index (κ3) is 3.93. The second-order valence-corrected chi connectivity index (χ2v) is 6.28. The number of cyclic esters (lactones) is 1. The summed E-state index contributed by atoms with van der Waals surface area (Å²) < 4.78 is 10.9. The Morgan fingerprint density at radius 1 is 0.966 bits per heavy atom. The Hall–Kier alpha value is -4.13. The summed E-state index contributed by atoms with van der Waals surface area (Å²) in [6, 6.07) is 23.0. The van der Waals surface area contributed by atoms with Gasteiger partial charge in [0.2, 0.25) is 6.10 Å². The number of esters is 1. The van der Waals surface area contributed by atoms with Crippen LogP contribution >= 0.6 is 0 Å². The zero-order valence-electron chi connectivity index (χ0n) is 15.1. The van der Waals surface area contributed by atoms with E-state index in [1.807, 2.05) is 30.3 Å². The van der Waals surface area contributed by atoms with Crippen molar-refractivity contribution in [1.82, 2.24) is 0 Å². The molecule has 1 atom stereocenters. The molecule has 144 valence electrons. The Bertz CT molecular complexity index is 1080. The van der Waals surface area contributed by atoms with E-state index in [4.69, 9.17) is 9.47 Å². The Morgan fingerprint density at radius 3 is 2.34 bits per heavy atom. The van der Waals surface area contributed by atoms with Crippen LogP contribution in [-0.2, 0) is 4.74 Å². The first-order valence-corrected chi connectivity index (χ1v) is 8.86. The van der Waals surface area contributed by atoms with Crippen LogP contribution in [0.4, 0.5) is 5.69 Å². The molecule has 1 heterocycles. The lowest BCUT2D eigenvalue weighted by atomic mass is 10.0. The van der Waals surface area contributed by atoms with Crippen molar-refractivity contribution in [2.24, 2.45) is 0 Å². The van der Waals surface area contributed by atoms with Gasteiger partial charge in [-0.25, -0.2) is 4.79 Å². The highest BCUT2D eigenvalue weighted by Gasteiger charge is 2.39. The van der Waals surface area contributed by atoms with Crippen molar-refractivity contribution in [2.45, 2.75) is 6.10 Å². The fourth-order valence-corrected chi connectivity index (χ4v) is 2.99. The van der Waals surface area contributed by atoms with E-state index >= 15 is 0 Å². The van der Waals surface area contributed by atoms with Crippen LogP contribution in [0.1, 0.15) is 22.0 Å². The molecular weight excluding hydrogens is 372 g/mol. The van der Waals surface area contributed by atoms with Gasteiger partial charge in [-0.2, -0.15) is 0 Å². The summed E-state index contributed by atoms with van der Waals surface area (Å²) in [5.41, 5.74) is 1.19.